The van der Waals surface area contributed by atoms with Crippen molar-refractivity contribution in [1.82, 2.24) is 0 Å². The summed E-state index contributed by atoms with van der Waals surface area (Å²) >= 11 is 7.16. The summed E-state index contributed by atoms with van der Waals surface area (Å²) in [6, 6.07) is 15.9. The Balaban J connectivity index is 1.98. The Bertz CT molecular complexity index is 685. The number of rotatable bonds is 5. The van der Waals surface area contributed by atoms with Crippen LogP contribution >= 0.6 is 31.9 Å². The van der Waals surface area contributed by atoms with E-state index in [9.17, 15) is 0 Å². The molecule has 2 N–H and O–H groups in total. The molecular weight excluding hydrogens is 428 g/mol. The van der Waals surface area contributed by atoms with Crippen molar-refractivity contribution in [2.45, 2.75) is 45.2 Å². The lowest BCUT2D eigenvalue weighted by Gasteiger charge is -2.41. The summed E-state index contributed by atoms with van der Waals surface area (Å²) in [7, 11) is 0. The molecule has 0 aliphatic carbocycles. The lowest BCUT2D eigenvalue weighted by Crippen LogP contribution is -2.40. The first-order chi connectivity index (χ1) is 11.6. The van der Waals surface area contributed by atoms with Crippen LogP contribution in [0.1, 0.15) is 44.7 Å². The molecule has 0 amide bonds. The summed E-state index contributed by atoms with van der Waals surface area (Å²) in [5.41, 5.74) is 3.78. The number of fused-ring (bicyclic) bond motifs is 1. The molecule has 1 aliphatic heterocycles. The van der Waals surface area contributed by atoms with E-state index in [1.54, 1.807) is 0 Å². The smallest absolute Gasteiger partial charge is 0.0582 e. The minimum Gasteiger partial charge on any atom is -0.382 e. The van der Waals surface area contributed by atoms with E-state index in [4.69, 9.17) is 0 Å². The van der Waals surface area contributed by atoms with E-state index in [-0.39, 0.29) is 0 Å². The van der Waals surface area contributed by atoms with Gasteiger partial charge in [0.05, 0.1) is 6.04 Å². The van der Waals surface area contributed by atoms with Gasteiger partial charge in [0.2, 0.25) is 0 Å². The van der Waals surface area contributed by atoms with Gasteiger partial charge in [0.15, 0.2) is 0 Å². The highest BCUT2D eigenvalue weighted by atomic mass is 79.9. The Labute approximate surface area is 161 Å². The molecule has 0 saturated heterocycles. The Hall–Kier alpha value is -1.00. The highest BCUT2D eigenvalue weighted by Crippen LogP contribution is 2.42. The molecule has 0 saturated carbocycles. The molecule has 1 aliphatic rings. The average molecular weight is 452 g/mol. The number of nitrogens with one attached hydrogen (secondary N) is 2. The molecule has 0 spiro atoms. The predicted molar refractivity (Wildman–Crippen MR) is 111 cm³/mol. The lowest BCUT2D eigenvalue weighted by molar-refractivity contribution is 0.349. The number of benzene rings is 2. The summed E-state index contributed by atoms with van der Waals surface area (Å²) in [4.78, 5) is 0. The number of halogens is 2. The van der Waals surface area contributed by atoms with E-state index in [2.05, 4.69) is 98.8 Å². The minimum atomic E-state index is 0.321. The molecular formula is C20H24Br2N2. The standard InChI is InChI=1S/C20H24Br2N2/c1-3-5-18-16(4-2)20(23-15-9-6-13(21)7-10-15)17-12-14(22)8-11-19(17)24-18/h6-12,16,18,20,23-24H,3-5H2,1-2H3/t16-,18-,20-/m0/s1. The third-order valence-corrected chi connectivity index (χ3v) is 5.89. The van der Waals surface area contributed by atoms with Crippen LogP contribution in [0.5, 0.6) is 0 Å². The third kappa shape index (κ3) is 3.80. The van der Waals surface area contributed by atoms with Gasteiger partial charge in [0.1, 0.15) is 0 Å². The van der Waals surface area contributed by atoms with Gasteiger partial charge in [-0.1, -0.05) is 52.1 Å². The van der Waals surface area contributed by atoms with Gasteiger partial charge in [0, 0.05) is 32.3 Å². The molecule has 24 heavy (non-hydrogen) atoms. The fraction of sp³-hybridized carbons (Fsp3) is 0.400. The van der Waals surface area contributed by atoms with E-state index < -0.39 is 0 Å². The molecule has 2 aromatic carbocycles. The summed E-state index contributed by atoms with van der Waals surface area (Å²) in [5, 5.41) is 7.58. The molecule has 0 radical (unpaired) electrons. The second-order valence-electron chi connectivity index (χ2n) is 6.47. The van der Waals surface area contributed by atoms with Crippen LogP contribution in [0.15, 0.2) is 51.4 Å². The van der Waals surface area contributed by atoms with Gasteiger partial charge in [-0.05, 0) is 60.9 Å². The van der Waals surface area contributed by atoms with Crippen molar-refractivity contribution < 1.29 is 0 Å². The molecule has 0 fully saturated rings. The van der Waals surface area contributed by atoms with Crippen LogP contribution in [0.25, 0.3) is 0 Å². The van der Waals surface area contributed by atoms with Crippen molar-refractivity contribution in [1.29, 1.82) is 0 Å². The summed E-state index contributed by atoms with van der Waals surface area (Å²) in [6.45, 7) is 4.57. The van der Waals surface area contributed by atoms with Gasteiger partial charge >= 0.3 is 0 Å². The van der Waals surface area contributed by atoms with Crippen molar-refractivity contribution in [2.24, 2.45) is 5.92 Å². The second-order valence-corrected chi connectivity index (χ2v) is 8.30. The van der Waals surface area contributed by atoms with Gasteiger partial charge in [-0.25, -0.2) is 0 Å². The third-order valence-electron chi connectivity index (χ3n) is 4.87. The first-order valence-corrected chi connectivity index (χ1v) is 10.3. The molecule has 2 nitrogen and oxygen atoms in total. The largest absolute Gasteiger partial charge is 0.382 e. The van der Waals surface area contributed by atoms with Crippen LogP contribution in [0.4, 0.5) is 11.4 Å². The quantitative estimate of drug-likeness (QED) is 0.511. The van der Waals surface area contributed by atoms with Gasteiger partial charge < -0.3 is 10.6 Å². The molecule has 3 rings (SSSR count). The van der Waals surface area contributed by atoms with Crippen molar-refractivity contribution in [3.63, 3.8) is 0 Å². The zero-order valence-corrected chi connectivity index (χ0v) is 17.3. The number of hydrogen-bond acceptors (Lipinski definition) is 2. The maximum Gasteiger partial charge on any atom is 0.0582 e. The summed E-state index contributed by atoms with van der Waals surface area (Å²) < 4.78 is 2.24. The van der Waals surface area contributed by atoms with Gasteiger partial charge in [0.25, 0.3) is 0 Å². The van der Waals surface area contributed by atoms with Crippen molar-refractivity contribution in [2.75, 3.05) is 10.6 Å². The maximum atomic E-state index is 3.80. The normalized spacial score (nSPS) is 22.6. The van der Waals surface area contributed by atoms with Crippen molar-refractivity contribution in [3.8, 4) is 0 Å². The monoisotopic (exact) mass is 450 g/mol. The number of hydrogen-bond donors (Lipinski definition) is 2. The topological polar surface area (TPSA) is 24.1 Å². The van der Waals surface area contributed by atoms with E-state index in [0.29, 0.717) is 18.0 Å². The average Bonchev–Trinajstić information content (AvgIpc) is 2.58. The SMILES string of the molecule is CCC[C@@H]1Nc2ccc(Br)cc2[C@@H](Nc2ccc(Br)cc2)[C@H]1CC. The predicted octanol–water partition coefficient (Wildman–Crippen LogP) is 6.99. The van der Waals surface area contributed by atoms with E-state index in [0.717, 1.165) is 15.4 Å². The van der Waals surface area contributed by atoms with E-state index in [1.165, 1.54) is 29.8 Å². The molecule has 0 aromatic heterocycles. The minimum absolute atomic E-state index is 0.321. The Morgan fingerprint density at radius 3 is 2.38 bits per heavy atom. The Morgan fingerprint density at radius 2 is 1.71 bits per heavy atom. The number of anilines is 2. The first kappa shape index (κ1) is 17.8. The van der Waals surface area contributed by atoms with E-state index in [1.807, 2.05) is 0 Å². The van der Waals surface area contributed by atoms with Gasteiger partial charge in [-0.15, -0.1) is 0 Å². The van der Waals surface area contributed by atoms with Crippen molar-refractivity contribution in [3.05, 3.63) is 57.0 Å². The Morgan fingerprint density at radius 1 is 1.00 bits per heavy atom. The molecule has 4 heteroatoms. The molecule has 0 bridgehead atoms. The maximum absolute atomic E-state index is 3.80. The van der Waals surface area contributed by atoms with Gasteiger partial charge in [-0.3, -0.25) is 0 Å². The van der Waals surface area contributed by atoms with Crippen molar-refractivity contribution >= 4 is 43.2 Å². The molecule has 2 aromatic rings. The highest BCUT2D eigenvalue weighted by Gasteiger charge is 2.35. The molecule has 1 heterocycles. The zero-order valence-electron chi connectivity index (χ0n) is 14.2. The highest BCUT2D eigenvalue weighted by molar-refractivity contribution is 9.10. The second kappa shape index (κ2) is 7.92. The van der Waals surface area contributed by atoms with Gasteiger partial charge in [-0.2, -0.15) is 0 Å². The first-order valence-electron chi connectivity index (χ1n) is 8.70. The summed E-state index contributed by atoms with van der Waals surface area (Å²) in [5.74, 6) is 0.565. The molecule has 3 atom stereocenters. The van der Waals surface area contributed by atoms with Crippen LogP contribution in [0, 0.1) is 5.92 Å². The fourth-order valence-electron chi connectivity index (χ4n) is 3.72. The molecule has 128 valence electrons. The van der Waals surface area contributed by atoms with Crippen LogP contribution in [0.3, 0.4) is 0 Å². The van der Waals surface area contributed by atoms with Crippen LogP contribution in [0.2, 0.25) is 0 Å². The summed E-state index contributed by atoms with van der Waals surface area (Å²) in [6.07, 6.45) is 3.55. The fourth-order valence-corrected chi connectivity index (χ4v) is 4.36. The molecule has 0 unspecified atom stereocenters. The van der Waals surface area contributed by atoms with Crippen LogP contribution < -0.4 is 10.6 Å². The van der Waals surface area contributed by atoms with Crippen LogP contribution in [-0.4, -0.2) is 6.04 Å². The Kier molecular flexibility index (Phi) is 5.88. The van der Waals surface area contributed by atoms with Crippen LogP contribution in [-0.2, 0) is 0 Å². The lowest BCUT2D eigenvalue weighted by atomic mass is 9.79. The van der Waals surface area contributed by atoms with E-state index >= 15 is 0 Å². The zero-order chi connectivity index (χ0) is 17.1.